The fraction of sp³-hybridized carbons (Fsp3) is 0.0588. The summed E-state index contributed by atoms with van der Waals surface area (Å²) in [4.78, 5) is 9.27. The molecule has 0 radical (unpaired) electrons. The Morgan fingerprint density at radius 2 is 1.67 bits per heavy atom. The van der Waals surface area contributed by atoms with Crippen LogP contribution in [-0.2, 0) is 0 Å². The van der Waals surface area contributed by atoms with Gasteiger partial charge in [-0.25, -0.2) is 9.97 Å². The number of aromatic nitrogens is 2. The summed E-state index contributed by atoms with van der Waals surface area (Å²) in [5, 5.41) is 4.10. The van der Waals surface area contributed by atoms with Crippen LogP contribution in [0, 0.1) is 0 Å². The van der Waals surface area contributed by atoms with Crippen LogP contribution in [0.2, 0.25) is 0 Å². The maximum Gasteiger partial charge on any atom is 0.196 e. The Balaban J connectivity index is 2.08. The van der Waals surface area contributed by atoms with E-state index in [1.165, 1.54) is 0 Å². The molecular formula is C17H13N3O. The molecule has 4 aromatic rings. The van der Waals surface area contributed by atoms with Crippen LogP contribution in [0.5, 0.6) is 0 Å². The van der Waals surface area contributed by atoms with Crippen molar-refractivity contribution in [2.45, 2.75) is 0 Å². The van der Waals surface area contributed by atoms with Crippen LogP contribution in [0.4, 0.5) is 5.82 Å². The smallest absolute Gasteiger partial charge is 0.196 e. The number of rotatable bonds is 2. The first-order valence-electron chi connectivity index (χ1n) is 6.79. The minimum atomic E-state index is 0.693. The molecule has 0 unspecified atom stereocenters. The third-order valence-electron chi connectivity index (χ3n) is 3.49. The molecule has 2 heterocycles. The fourth-order valence-corrected chi connectivity index (χ4v) is 2.48. The summed E-state index contributed by atoms with van der Waals surface area (Å²) < 4.78 is 5.88. The van der Waals surface area contributed by atoms with Gasteiger partial charge in [0, 0.05) is 18.0 Å². The third kappa shape index (κ3) is 1.84. The molecule has 0 spiro atoms. The molecule has 4 heteroatoms. The highest BCUT2D eigenvalue weighted by molar-refractivity contribution is 6.06. The predicted octanol–water partition coefficient (Wildman–Crippen LogP) is 4.08. The Labute approximate surface area is 121 Å². The average molecular weight is 275 g/mol. The summed E-state index contributed by atoms with van der Waals surface area (Å²) in [5.74, 6) is 1.40. The highest BCUT2D eigenvalue weighted by Crippen LogP contribution is 2.32. The average Bonchev–Trinajstić information content (AvgIpc) is 2.93. The zero-order chi connectivity index (χ0) is 14.2. The van der Waals surface area contributed by atoms with Gasteiger partial charge >= 0.3 is 0 Å². The van der Waals surface area contributed by atoms with Gasteiger partial charge < -0.3 is 9.73 Å². The summed E-state index contributed by atoms with van der Waals surface area (Å²) in [6.45, 7) is 0. The Kier molecular flexibility index (Phi) is 2.60. The third-order valence-corrected chi connectivity index (χ3v) is 3.49. The first-order chi connectivity index (χ1) is 10.4. The lowest BCUT2D eigenvalue weighted by Crippen LogP contribution is -1.97. The number of para-hydroxylation sites is 1. The Morgan fingerprint density at radius 3 is 2.48 bits per heavy atom. The zero-order valence-electron chi connectivity index (χ0n) is 11.5. The molecule has 1 N–H and O–H groups in total. The van der Waals surface area contributed by atoms with Gasteiger partial charge in [-0.1, -0.05) is 42.5 Å². The van der Waals surface area contributed by atoms with E-state index in [9.17, 15) is 0 Å². The number of nitrogens with zero attached hydrogens (tertiary/aromatic N) is 2. The highest BCUT2D eigenvalue weighted by atomic mass is 16.3. The van der Waals surface area contributed by atoms with Gasteiger partial charge in [-0.2, -0.15) is 0 Å². The van der Waals surface area contributed by atoms with Gasteiger partial charge in [0.2, 0.25) is 0 Å². The molecule has 0 amide bonds. The summed E-state index contributed by atoms with van der Waals surface area (Å²) >= 11 is 0. The molecule has 4 nitrogen and oxygen atoms in total. The summed E-state index contributed by atoms with van der Waals surface area (Å²) in [6.07, 6.45) is 0. The van der Waals surface area contributed by atoms with Crippen LogP contribution >= 0.6 is 0 Å². The van der Waals surface area contributed by atoms with Crippen LogP contribution in [0.1, 0.15) is 0 Å². The lowest BCUT2D eigenvalue weighted by molar-refractivity contribution is 0.667. The molecule has 0 aliphatic rings. The SMILES string of the molecule is CNc1nc(-c2ccccc2)nc2c1oc1ccccc12. The highest BCUT2D eigenvalue weighted by Gasteiger charge is 2.15. The normalized spacial score (nSPS) is 11.1. The van der Waals surface area contributed by atoms with E-state index in [-0.39, 0.29) is 0 Å². The van der Waals surface area contributed by atoms with Gasteiger partial charge in [-0.15, -0.1) is 0 Å². The van der Waals surface area contributed by atoms with E-state index in [1.807, 2.05) is 61.6 Å². The van der Waals surface area contributed by atoms with E-state index in [4.69, 9.17) is 9.40 Å². The molecular weight excluding hydrogens is 262 g/mol. The Bertz CT molecular complexity index is 929. The van der Waals surface area contributed by atoms with Crippen LogP contribution < -0.4 is 5.32 Å². The van der Waals surface area contributed by atoms with Gasteiger partial charge in [-0.05, 0) is 12.1 Å². The van der Waals surface area contributed by atoms with Crippen molar-refractivity contribution in [3.63, 3.8) is 0 Å². The Hall–Kier alpha value is -2.88. The van der Waals surface area contributed by atoms with E-state index in [2.05, 4.69) is 10.3 Å². The predicted molar refractivity (Wildman–Crippen MR) is 84.3 cm³/mol. The van der Waals surface area contributed by atoms with Crippen LogP contribution in [-0.4, -0.2) is 17.0 Å². The molecule has 2 aromatic carbocycles. The number of furan rings is 1. The van der Waals surface area contributed by atoms with Crippen molar-refractivity contribution < 1.29 is 4.42 Å². The van der Waals surface area contributed by atoms with Crippen molar-refractivity contribution in [3.8, 4) is 11.4 Å². The summed E-state index contributed by atoms with van der Waals surface area (Å²) in [7, 11) is 1.84. The maximum absolute atomic E-state index is 5.88. The van der Waals surface area contributed by atoms with Gasteiger partial charge in [0.15, 0.2) is 17.2 Å². The van der Waals surface area contributed by atoms with E-state index in [1.54, 1.807) is 0 Å². The van der Waals surface area contributed by atoms with Crippen molar-refractivity contribution in [3.05, 3.63) is 54.6 Å². The molecule has 0 atom stereocenters. The lowest BCUT2D eigenvalue weighted by Gasteiger charge is -2.04. The van der Waals surface area contributed by atoms with Crippen molar-refractivity contribution in [1.29, 1.82) is 0 Å². The number of hydrogen-bond donors (Lipinski definition) is 1. The first kappa shape index (κ1) is 11.9. The quantitative estimate of drug-likeness (QED) is 0.598. The van der Waals surface area contributed by atoms with Crippen LogP contribution in [0.3, 0.4) is 0 Å². The fourth-order valence-electron chi connectivity index (χ4n) is 2.48. The second-order valence-electron chi connectivity index (χ2n) is 4.79. The Morgan fingerprint density at radius 1 is 0.905 bits per heavy atom. The zero-order valence-corrected chi connectivity index (χ0v) is 11.5. The van der Waals surface area contributed by atoms with Crippen LogP contribution in [0.25, 0.3) is 33.5 Å². The van der Waals surface area contributed by atoms with Crippen molar-refractivity contribution in [1.82, 2.24) is 9.97 Å². The molecule has 21 heavy (non-hydrogen) atoms. The molecule has 4 rings (SSSR count). The first-order valence-corrected chi connectivity index (χ1v) is 6.79. The van der Waals surface area contributed by atoms with Crippen LogP contribution in [0.15, 0.2) is 59.0 Å². The number of anilines is 1. The van der Waals surface area contributed by atoms with Gasteiger partial charge in [0.1, 0.15) is 11.1 Å². The number of fused-ring (bicyclic) bond motifs is 3. The topological polar surface area (TPSA) is 51.0 Å². The summed E-state index contributed by atoms with van der Waals surface area (Å²) in [6, 6.07) is 17.8. The van der Waals surface area contributed by atoms with Gasteiger partial charge in [0.25, 0.3) is 0 Å². The number of nitrogens with one attached hydrogen (secondary N) is 1. The maximum atomic E-state index is 5.88. The largest absolute Gasteiger partial charge is 0.450 e. The molecule has 0 saturated carbocycles. The van der Waals surface area contributed by atoms with E-state index in [0.717, 1.165) is 22.0 Å². The molecule has 0 saturated heterocycles. The lowest BCUT2D eigenvalue weighted by atomic mass is 10.2. The van der Waals surface area contributed by atoms with Gasteiger partial charge in [0.05, 0.1) is 0 Å². The van der Waals surface area contributed by atoms with Crippen molar-refractivity contribution >= 4 is 27.9 Å². The van der Waals surface area contributed by atoms with E-state index < -0.39 is 0 Å². The number of hydrogen-bond acceptors (Lipinski definition) is 4. The molecule has 102 valence electrons. The minimum Gasteiger partial charge on any atom is -0.450 e. The van der Waals surface area contributed by atoms with Crippen molar-refractivity contribution in [2.24, 2.45) is 0 Å². The molecule has 0 bridgehead atoms. The second-order valence-corrected chi connectivity index (χ2v) is 4.79. The minimum absolute atomic E-state index is 0.693. The molecule has 0 aliphatic heterocycles. The van der Waals surface area contributed by atoms with E-state index in [0.29, 0.717) is 17.2 Å². The molecule has 2 aromatic heterocycles. The molecule has 0 aliphatic carbocycles. The molecule has 0 fully saturated rings. The van der Waals surface area contributed by atoms with E-state index >= 15 is 0 Å². The van der Waals surface area contributed by atoms with Crippen molar-refractivity contribution in [2.75, 3.05) is 12.4 Å². The standard InChI is InChI=1S/C17H13N3O/c1-18-17-15-14(12-9-5-6-10-13(12)21-15)19-16(20-17)11-7-3-2-4-8-11/h2-10H,1H3,(H,18,19,20). The number of benzene rings is 2. The monoisotopic (exact) mass is 275 g/mol. The summed E-state index contributed by atoms with van der Waals surface area (Å²) in [5.41, 5.74) is 3.34. The van der Waals surface area contributed by atoms with Gasteiger partial charge in [-0.3, -0.25) is 0 Å². The second kappa shape index (κ2) is 4.59.